The van der Waals surface area contributed by atoms with Crippen LogP contribution >= 0.6 is 0 Å². The molecule has 1 saturated heterocycles. The summed E-state index contributed by atoms with van der Waals surface area (Å²) in [4.78, 5) is 23.0. The molecule has 6 nitrogen and oxygen atoms in total. The molecule has 0 bridgehead atoms. The SMILES string of the molecule is CC(=O)O[C@H]1C=C[C@@H]2[C@@H]3C=C[C@@H](OC(C)=O)[C@@]34OC(C)(C)O[C@@]124. The van der Waals surface area contributed by atoms with Crippen LogP contribution in [-0.4, -0.2) is 41.1 Å². The molecule has 1 heterocycles. The molecule has 0 N–H and O–H groups in total. The highest BCUT2D eigenvalue weighted by atomic mass is 16.8. The fraction of sp³-hybridized carbons (Fsp3) is 0.647. The van der Waals surface area contributed by atoms with Crippen LogP contribution in [0.5, 0.6) is 0 Å². The first-order chi connectivity index (χ1) is 10.7. The van der Waals surface area contributed by atoms with E-state index in [1.807, 2.05) is 38.2 Å². The third kappa shape index (κ3) is 1.60. The molecule has 6 atom stereocenters. The monoisotopic (exact) mass is 320 g/mol. The van der Waals surface area contributed by atoms with E-state index in [0.717, 1.165) is 0 Å². The molecule has 6 heteroatoms. The number of rotatable bonds is 2. The van der Waals surface area contributed by atoms with Crippen molar-refractivity contribution >= 4 is 11.9 Å². The Balaban J connectivity index is 1.79. The van der Waals surface area contributed by atoms with Gasteiger partial charge in [-0.25, -0.2) is 0 Å². The molecule has 124 valence electrons. The molecule has 4 rings (SSSR count). The topological polar surface area (TPSA) is 71.1 Å². The van der Waals surface area contributed by atoms with Gasteiger partial charge in [-0.1, -0.05) is 12.2 Å². The molecule has 23 heavy (non-hydrogen) atoms. The molecule has 3 aliphatic carbocycles. The number of fused-ring (bicyclic) bond motifs is 1. The van der Waals surface area contributed by atoms with Gasteiger partial charge in [-0.05, 0) is 26.0 Å². The standard InChI is InChI=1S/C17H20O6/c1-9(18)20-13-7-5-11-12-6-8-14(21-10(2)19)17(12)16(11,13)22-15(3,4)23-17/h5-8,11-14H,1-4H3/t11-,12+,13+,14-,16-,17+. The van der Waals surface area contributed by atoms with Gasteiger partial charge in [-0.2, -0.15) is 0 Å². The van der Waals surface area contributed by atoms with Crippen LogP contribution in [-0.2, 0) is 28.5 Å². The van der Waals surface area contributed by atoms with Crippen molar-refractivity contribution < 1.29 is 28.5 Å². The molecule has 0 aromatic carbocycles. The second-order valence-corrected chi connectivity index (χ2v) is 7.07. The molecule has 0 aromatic rings. The maximum absolute atomic E-state index is 11.5. The lowest BCUT2D eigenvalue weighted by atomic mass is 9.51. The van der Waals surface area contributed by atoms with Crippen LogP contribution < -0.4 is 0 Å². The van der Waals surface area contributed by atoms with Crippen molar-refractivity contribution in [3.63, 3.8) is 0 Å². The van der Waals surface area contributed by atoms with E-state index in [-0.39, 0.29) is 23.8 Å². The number of esters is 2. The van der Waals surface area contributed by atoms with Gasteiger partial charge >= 0.3 is 11.9 Å². The summed E-state index contributed by atoms with van der Waals surface area (Å²) in [5.74, 6) is -1.55. The maximum atomic E-state index is 11.5. The van der Waals surface area contributed by atoms with Crippen molar-refractivity contribution in [3.05, 3.63) is 24.3 Å². The summed E-state index contributed by atoms with van der Waals surface area (Å²) in [7, 11) is 0. The summed E-state index contributed by atoms with van der Waals surface area (Å²) < 4.78 is 23.6. The van der Waals surface area contributed by atoms with Crippen molar-refractivity contribution in [3.8, 4) is 0 Å². The highest BCUT2D eigenvalue weighted by Gasteiger charge is 2.87. The van der Waals surface area contributed by atoms with Gasteiger partial charge < -0.3 is 18.9 Å². The zero-order valence-corrected chi connectivity index (χ0v) is 13.6. The fourth-order valence-electron chi connectivity index (χ4n) is 4.89. The molecule has 0 radical (unpaired) electrons. The quantitative estimate of drug-likeness (QED) is 0.567. The zero-order valence-electron chi connectivity index (χ0n) is 13.6. The van der Waals surface area contributed by atoms with Crippen molar-refractivity contribution in [1.82, 2.24) is 0 Å². The number of hydrogen-bond acceptors (Lipinski definition) is 6. The van der Waals surface area contributed by atoms with E-state index >= 15 is 0 Å². The molecule has 1 saturated carbocycles. The molecule has 1 aliphatic heterocycles. The predicted octanol–water partition coefficient (Wildman–Crippen LogP) is 1.50. The lowest BCUT2D eigenvalue weighted by Crippen LogP contribution is -2.78. The molecule has 2 fully saturated rings. The highest BCUT2D eigenvalue weighted by Crippen LogP contribution is 2.71. The van der Waals surface area contributed by atoms with Gasteiger partial charge in [0.25, 0.3) is 0 Å². The highest BCUT2D eigenvalue weighted by molar-refractivity contribution is 5.68. The Hall–Kier alpha value is -1.66. The predicted molar refractivity (Wildman–Crippen MR) is 78.1 cm³/mol. The summed E-state index contributed by atoms with van der Waals surface area (Å²) in [5, 5.41) is 0. The molecule has 2 spiro atoms. The van der Waals surface area contributed by atoms with Crippen LogP contribution in [0.15, 0.2) is 24.3 Å². The Morgan fingerprint density at radius 3 is 1.57 bits per heavy atom. The lowest BCUT2D eigenvalue weighted by Gasteiger charge is -2.60. The van der Waals surface area contributed by atoms with Gasteiger partial charge in [0.15, 0.2) is 29.2 Å². The molecule has 4 aliphatic rings. The molecule has 0 unspecified atom stereocenters. The average molecular weight is 320 g/mol. The molecule has 0 aromatic heterocycles. The minimum Gasteiger partial charge on any atom is -0.455 e. The van der Waals surface area contributed by atoms with Crippen LogP contribution in [0.4, 0.5) is 0 Å². The van der Waals surface area contributed by atoms with Gasteiger partial charge in [-0.3, -0.25) is 9.59 Å². The Labute approximate surface area is 134 Å². The summed E-state index contributed by atoms with van der Waals surface area (Å²) >= 11 is 0. The van der Waals surface area contributed by atoms with Crippen molar-refractivity contribution in [2.24, 2.45) is 11.8 Å². The molecular weight excluding hydrogens is 300 g/mol. The van der Waals surface area contributed by atoms with Crippen molar-refractivity contribution in [1.29, 1.82) is 0 Å². The Morgan fingerprint density at radius 2 is 1.22 bits per heavy atom. The Bertz CT molecular complexity index is 595. The van der Waals surface area contributed by atoms with Crippen LogP contribution in [0.3, 0.4) is 0 Å². The van der Waals surface area contributed by atoms with E-state index in [9.17, 15) is 9.59 Å². The van der Waals surface area contributed by atoms with Gasteiger partial charge in [0, 0.05) is 25.7 Å². The number of carbonyl (C=O) groups excluding carboxylic acids is 2. The summed E-state index contributed by atoms with van der Waals surface area (Å²) in [6.45, 7) is 6.40. The smallest absolute Gasteiger partial charge is 0.303 e. The minimum atomic E-state index is -0.859. The van der Waals surface area contributed by atoms with Crippen LogP contribution in [0.2, 0.25) is 0 Å². The van der Waals surface area contributed by atoms with Crippen LogP contribution in [0.1, 0.15) is 27.7 Å². The fourth-order valence-corrected chi connectivity index (χ4v) is 4.89. The van der Waals surface area contributed by atoms with E-state index in [1.54, 1.807) is 0 Å². The third-order valence-electron chi connectivity index (χ3n) is 5.24. The first-order valence-electron chi connectivity index (χ1n) is 7.84. The van der Waals surface area contributed by atoms with Crippen LogP contribution in [0.25, 0.3) is 0 Å². The van der Waals surface area contributed by atoms with Crippen molar-refractivity contribution in [2.45, 2.75) is 56.9 Å². The first kappa shape index (κ1) is 14.9. The minimum absolute atomic E-state index is 0.0328. The number of ether oxygens (including phenoxy) is 4. The zero-order chi connectivity index (χ0) is 16.6. The molecule has 0 amide bonds. The van der Waals surface area contributed by atoms with Crippen molar-refractivity contribution in [2.75, 3.05) is 0 Å². The van der Waals surface area contributed by atoms with E-state index in [0.29, 0.717) is 0 Å². The first-order valence-corrected chi connectivity index (χ1v) is 7.84. The van der Waals surface area contributed by atoms with Gasteiger partial charge in [0.2, 0.25) is 0 Å². The second kappa shape index (κ2) is 4.24. The van der Waals surface area contributed by atoms with Gasteiger partial charge in [0.05, 0.1) is 0 Å². The Kier molecular flexibility index (Phi) is 2.75. The van der Waals surface area contributed by atoms with E-state index in [4.69, 9.17) is 18.9 Å². The second-order valence-electron chi connectivity index (χ2n) is 7.07. The van der Waals surface area contributed by atoms with E-state index in [2.05, 4.69) is 0 Å². The largest absolute Gasteiger partial charge is 0.455 e. The molecular formula is C17H20O6. The lowest BCUT2D eigenvalue weighted by molar-refractivity contribution is -0.257. The summed E-state index contributed by atoms with van der Waals surface area (Å²) in [6, 6.07) is 0. The summed E-state index contributed by atoms with van der Waals surface area (Å²) in [5.41, 5.74) is -1.70. The van der Waals surface area contributed by atoms with Gasteiger partial charge in [0.1, 0.15) is 0 Å². The van der Waals surface area contributed by atoms with E-state index < -0.39 is 29.2 Å². The summed E-state index contributed by atoms with van der Waals surface area (Å²) in [6.07, 6.45) is 6.64. The normalized spacial score (nSPS) is 47.5. The average Bonchev–Trinajstić information content (AvgIpc) is 2.93. The third-order valence-corrected chi connectivity index (χ3v) is 5.24. The van der Waals surface area contributed by atoms with Gasteiger partial charge in [-0.15, -0.1) is 0 Å². The van der Waals surface area contributed by atoms with Crippen LogP contribution in [0, 0.1) is 11.8 Å². The Morgan fingerprint density at radius 1 is 0.826 bits per heavy atom. The van der Waals surface area contributed by atoms with E-state index in [1.165, 1.54) is 13.8 Å². The number of hydrogen-bond donors (Lipinski definition) is 0. The maximum Gasteiger partial charge on any atom is 0.303 e. The number of carbonyl (C=O) groups is 2.